The Morgan fingerprint density at radius 3 is 2.24 bits per heavy atom. The molecule has 0 amide bonds. The van der Waals surface area contributed by atoms with Crippen LogP contribution in [0.3, 0.4) is 0 Å². The highest BCUT2D eigenvalue weighted by Gasteiger charge is 2.28. The summed E-state index contributed by atoms with van der Waals surface area (Å²) in [6, 6.07) is 26.5. The van der Waals surface area contributed by atoms with Gasteiger partial charge in [-0.2, -0.15) is 4.40 Å². The molecule has 166 valence electrons. The number of imidazole rings is 1. The summed E-state index contributed by atoms with van der Waals surface area (Å²) in [5.41, 5.74) is 8.22. The van der Waals surface area contributed by atoms with Gasteiger partial charge in [-0.25, -0.2) is 4.57 Å². The molecule has 0 N–H and O–H groups in total. The molecule has 0 saturated heterocycles. The number of aromatic nitrogens is 2. The Labute approximate surface area is 198 Å². The van der Waals surface area contributed by atoms with E-state index in [1.165, 1.54) is 59.9 Å². The Kier molecular flexibility index (Phi) is 3.78. The fourth-order valence-electron chi connectivity index (χ4n) is 5.92. The van der Waals surface area contributed by atoms with E-state index in [0.29, 0.717) is 0 Å². The van der Waals surface area contributed by atoms with Gasteiger partial charge in [-0.3, -0.25) is 0 Å². The lowest BCUT2D eigenvalue weighted by Gasteiger charge is -2.16. The first-order chi connectivity index (χ1) is 16.4. The topological polar surface area (TPSA) is 21.4 Å². The summed E-state index contributed by atoms with van der Waals surface area (Å²) in [7, 11) is 0.606. The third kappa shape index (κ3) is 2.39. The Morgan fingerprint density at radius 1 is 0.735 bits per heavy atom. The van der Waals surface area contributed by atoms with Gasteiger partial charge in [0, 0.05) is 21.5 Å². The molecule has 0 bridgehead atoms. The van der Waals surface area contributed by atoms with Crippen molar-refractivity contribution in [3.05, 3.63) is 78.4 Å². The highest BCUT2D eigenvalue weighted by atomic mass is 28.3. The van der Waals surface area contributed by atoms with Gasteiger partial charge in [-0.05, 0) is 48.0 Å². The first-order valence-corrected chi connectivity index (χ1v) is 15.4. The fourth-order valence-corrected chi connectivity index (χ4v) is 7.38. The summed E-state index contributed by atoms with van der Waals surface area (Å²) < 4.78 is 11.6. The molecule has 0 aliphatic heterocycles. The monoisotopic (exact) mass is 459 g/mol. The number of rotatable bonds is 1. The Balaban J connectivity index is 1.84. The van der Waals surface area contributed by atoms with Crippen molar-refractivity contribution in [3.8, 4) is 0 Å². The summed E-state index contributed by atoms with van der Waals surface area (Å²) in [6.45, 7) is 9.42. The van der Waals surface area contributed by atoms with Crippen LogP contribution >= 0.6 is 0 Å². The van der Waals surface area contributed by atoms with E-state index in [2.05, 4.69) is 115 Å². The van der Waals surface area contributed by atoms with Crippen LogP contribution in [0.25, 0.3) is 60.3 Å². The summed E-state index contributed by atoms with van der Waals surface area (Å²) >= 11 is 0. The van der Waals surface area contributed by atoms with E-state index in [1.807, 2.05) is 0 Å². The lowest BCUT2D eigenvalue weighted by Crippen LogP contribution is -2.37. The second kappa shape index (κ2) is 6.48. The van der Waals surface area contributed by atoms with E-state index in [0.717, 1.165) is 11.2 Å². The van der Waals surface area contributed by atoms with Gasteiger partial charge >= 0.3 is 0 Å². The van der Waals surface area contributed by atoms with Crippen LogP contribution in [0, 0.1) is 6.92 Å². The van der Waals surface area contributed by atoms with E-state index in [9.17, 15) is 0 Å². The molecule has 0 aliphatic rings. The minimum atomic E-state index is -1.57. The van der Waals surface area contributed by atoms with Gasteiger partial charge in [-0.15, -0.1) is 0 Å². The zero-order chi connectivity index (χ0) is 23.4. The first-order valence-electron chi connectivity index (χ1n) is 11.9. The van der Waals surface area contributed by atoms with Crippen molar-refractivity contribution in [2.24, 2.45) is 7.05 Å². The molecule has 0 aliphatic carbocycles. The lowest BCUT2D eigenvalue weighted by molar-refractivity contribution is -0.617. The van der Waals surface area contributed by atoms with Crippen LogP contribution in [0.4, 0.5) is 0 Å². The highest BCUT2D eigenvalue weighted by molar-refractivity contribution is 6.90. The fraction of sp³-hybridized carbons (Fsp3) is 0.167. The van der Waals surface area contributed by atoms with Crippen molar-refractivity contribution in [2.75, 3.05) is 0 Å². The van der Waals surface area contributed by atoms with Crippen molar-refractivity contribution in [1.82, 2.24) is 4.40 Å². The number of hydrogen-bond donors (Lipinski definition) is 0. The third-order valence-electron chi connectivity index (χ3n) is 7.45. The number of hydrogen-bond acceptors (Lipinski definition) is 1. The smallest absolute Gasteiger partial charge is 0.295 e. The molecule has 0 fully saturated rings. The predicted octanol–water partition coefficient (Wildman–Crippen LogP) is 6.98. The first kappa shape index (κ1) is 19.8. The summed E-state index contributed by atoms with van der Waals surface area (Å²) in [4.78, 5) is 0. The molecule has 0 atom stereocenters. The van der Waals surface area contributed by atoms with Crippen LogP contribution in [0.2, 0.25) is 19.6 Å². The molecule has 4 aromatic carbocycles. The molecular weight excluding hydrogens is 432 g/mol. The molecule has 0 spiro atoms. The zero-order valence-corrected chi connectivity index (χ0v) is 21.2. The van der Waals surface area contributed by atoms with Crippen LogP contribution in [0.5, 0.6) is 0 Å². The van der Waals surface area contributed by atoms with Crippen molar-refractivity contribution in [2.45, 2.75) is 26.6 Å². The third-order valence-corrected chi connectivity index (χ3v) is 9.46. The molecule has 3 nitrogen and oxygen atoms in total. The number of nitrogens with zero attached hydrogens (tertiary/aromatic N) is 2. The van der Waals surface area contributed by atoms with Gasteiger partial charge in [0.1, 0.15) is 16.7 Å². The standard InChI is InChI=1S/C30H27N2OSi/c1-18-17-21-19-12-10-16-25(34(3,4)5)28(19)33-29(21)27-20-11-6-7-13-22(20)32-24-15-9-8-14-23(24)31(2)30(32)26(18)27/h6-17H,1-5H3/q+1. The number of fused-ring (bicyclic) bond motifs is 12. The van der Waals surface area contributed by atoms with E-state index in [1.54, 1.807) is 0 Å². The summed E-state index contributed by atoms with van der Waals surface area (Å²) in [5, 5.41) is 7.54. The van der Waals surface area contributed by atoms with E-state index in [4.69, 9.17) is 4.42 Å². The number of benzene rings is 4. The van der Waals surface area contributed by atoms with Crippen molar-refractivity contribution >= 4 is 73.6 Å². The van der Waals surface area contributed by atoms with Crippen molar-refractivity contribution < 1.29 is 8.98 Å². The normalized spacial score (nSPS) is 12.9. The lowest BCUT2D eigenvalue weighted by atomic mass is 9.98. The van der Waals surface area contributed by atoms with Gasteiger partial charge in [0.25, 0.3) is 5.65 Å². The zero-order valence-electron chi connectivity index (χ0n) is 20.2. The highest BCUT2D eigenvalue weighted by Crippen LogP contribution is 2.41. The van der Waals surface area contributed by atoms with Crippen LogP contribution in [0.15, 0.2) is 77.2 Å². The van der Waals surface area contributed by atoms with Crippen molar-refractivity contribution in [3.63, 3.8) is 0 Å². The maximum Gasteiger partial charge on any atom is 0.295 e. The molecule has 7 rings (SSSR count). The molecule has 34 heavy (non-hydrogen) atoms. The second-order valence-corrected chi connectivity index (χ2v) is 15.6. The van der Waals surface area contributed by atoms with Gasteiger partial charge in [-0.1, -0.05) is 62.1 Å². The van der Waals surface area contributed by atoms with Crippen LogP contribution < -0.4 is 9.75 Å². The van der Waals surface area contributed by atoms with Crippen LogP contribution in [0.1, 0.15) is 5.56 Å². The maximum atomic E-state index is 6.87. The van der Waals surface area contributed by atoms with Gasteiger partial charge < -0.3 is 4.42 Å². The molecule has 0 radical (unpaired) electrons. The molecule has 0 unspecified atom stereocenters. The molecule has 0 saturated carbocycles. The second-order valence-electron chi connectivity index (χ2n) is 10.6. The molecule has 3 aromatic heterocycles. The van der Waals surface area contributed by atoms with E-state index in [-0.39, 0.29) is 0 Å². The van der Waals surface area contributed by atoms with E-state index >= 15 is 0 Å². The van der Waals surface area contributed by atoms with Crippen LogP contribution in [-0.4, -0.2) is 12.5 Å². The molecule has 4 heteroatoms. The maximum absolute atomic E-state index is 6.87. The molecule has 7 aromatic rings. The molecule has 3 heterocycles. The summed E-state index contributed by atoms with van der Waals surface area (Å²) in [6.07, 6.45) is 0. The average Bonchev–Trinajstić information content (AvgIpc) is 3.34. The Morgan fingerprint density at radius 2 is 1.44 bits per heavy atom. The quantitative estimate of drug-likeness (QED) is 0.147. The SMILES string of the molecule is Cc1cc2c3cccc([Si](C)(C)C)c3oc2c2c3ccccc3n3c4ccccc4[n+](C)c3c12. The number of furan rings is 1. The minimum absolute atomic E-state index is 1.00. The van der Waals surface area contributed by atoms with Gasteiger partial charge in [0.15, 0.2) is 11.0 Å². The Bertz CT molecular complexity index is 1970. The largest absolute Gasteiger partial charge is 0.455 e. The van der Waals surface area contributed by atoms with Crippen molar-refractivity contribution in [1.29, 1.82) is 0 Å². The van der Waals surface area contributed by atoms with Crippen LogP contribution in [-0.2, 0) is 7.05 Å². The van der Waals surface area contributed by atoms with Gasteiger partial charge in [0.2, 0.25) is 0 Å². The van der Waals surface area contributed by atoms with Gasteiger partial charge in [0.05, 0.1) is 20.5 Å². The minimum Gasteiger partial charge on any atom is -0.455 e. The number of pyridine rings is 1. The van der Waals surface area contributed by atoms with E-state index < -0.39 is 8.07 Å². The number of aryl methyl sites for hydroxylation is 2. The Hall–Kier alpha value is -3.63. The predicted molar refractivity (Wildman–Crippen MR) is 146 cm³/mol. The summed E-state index contributed by atoms with van der Waals surface area (Å²) in [5.74, 6) is 0. The average molecular weight is 460 g/mol. The number of para-hydroxylation sites is 4. The molecular formula is C30H27N2OSi+.